The summed E-state index contributed by atoms with van der Waals surface area (Å²) in [6, 6.07) is 8.13. The highest BCUT2D eigenvalue weighted by Gasteiger charge is 2.39. The van der Waals surface area contributed by atoms with Gasteiger partial charge in [-0.1, -0.05) is 23.7 Å². The van der Waals surface area contributed by atoms with Crippen molar-refractivity contribution >= 4 is 44.2 Å². The third-order valence-electron chi connectivity index (χ3n) is 5.26. The molecule has 1 saturated heterocycles. The largest absolute Gasteiger partial charge is 0.395 e. The minimum absolute atomic E-state index is 0.0513. The summed E-state index contributed by atoms with van der Waals surface area (Å²) >= 11 is 5.96. The zero-order chi connectivity index (χ0) is 22.1. The van der Waals surface area contributed by atoms with Crippen LogP contribution in [0.4, 0.5) is 0 Å². The standard InChI is InChI=1S/C20H24ClN3O5S/c1-13(19(26)23(2)9-10-25)24-8-7-18(20(24)27)22-30(28,29)17-6-4-14-11-16(21)5-3-15(14)12-17/h3-6,11-13,18,22,25H,7-10H2,1-2H3/t13-,18-/m0/s1. The van der Waals surface area contributed by atoms with E-state index in [-0.39, 0.29) is 36.9 Å². The number of nitrogens with zero attached hydrogens (tertiary/aromatic N) is 2. The quantitative estimate of drug-likeness (QED) is 0.655. The molecular weight excluding hydrogens is 430 g/mol. The molecule has 30 heavy (non-hydrogen) atoms. The average molecular weight is 454 g/mol. The monoisotopic (exact) mass is 453 g/mol. The Balaban J connectivity index is 1.74. The Morgan fingerprint density at radius 3 is 2.67 bits per heavy atom. The molecule has 0 unspecified atom stereocenters. The van der Waals surface area contributed by atoms with Crippen LogP contribution < -0.4 is 4.72 Å². The van der Waals surface area contributed by atoms with E-state index >= 15 is 0 Å². The number of halogens is 1. The topological polar surface area (TPSA) is 107 Å². The maximum Gasteiger partial charge on any atom is 0.244 e. The lowest BCUT2D eigenvalue weighted by molar-refractivity contribution is -0.142. The van der Waals surface area contributed by atoms with Crippen LogP contribution in [0.1, 0.15) is 13.3 Å². The summed E-state index contributed by atoms with van der Waals surface area (Å²) in [6.07, 6.45) is 0.266. The van der Waals surface area contributed by atoms with Crippen molar-refractivity contribution in [2.24, 2.45) is 0 Å². The van der Waals surface area contributed by atoms with Gasteiger partial charge in [-0.15, -0.1) is 0 Å². The van der Waals surface area contributed by atoms with E-state index in [1.54, 1.807) is 38.2 Å². The first-order chi connectivity index (χ1) is 14.1. The third-order valence-corrected chi connectivity index (χ3v) is 6.96. The van der Waals surface area contributed by atoms with Gasteiger partial charge in [0.2, 0.25) is 21.8 Å². The lowest BCUT2D eigenvalue weighted by Gasteiger charge is -2.28. The average Bonchev–Trinajstić information content (AvgIpc) is 3.06. The number of aliphatic hydroxyl groups excluding tert-OH is 1. The number of amides is 2. The minimum atomic E-state index is -3.93. The predicted octanol–water partition coefficient (Wildman–Crippen LogP) is 1.21. The van der Waals surface area contributed by atoms with Gasteiger partial charge < -0.3 is 14.9 Å². The molecule has 8 nitrogen and oxygen atoms in total. The van der Waals surface area contributed by atoms with E-state index < -0.39 is 28.0 Å². The highest BCUT2D eigenvalue weighted by Crippen LogP contribution is 2.24. The summed E-state index contributed by atoms with van der Waals surface area (Å²) in [7, 11) is -2.39. The van der Waals surface area contributed by atoms with Gasteiger partial charge in [-0.05, 0) is 48.4 Å². The molecule has 1 heterocycles. The molecule has 0 aromatic heterocycles. The van der Waals surface area contributed by atoms with Gasteiger partial charge in [-0.3, -0.25) is 9.59 Å². The third kappa shape index (κ3) is 4.59. The predicted molar refractivity (Wildman–Crippen MR) is 114 cm³/mol. The maximum atomic E-state index is 12.8. The fourth-order valence-electron chi connectivity index (χ4n) is 3.53. The van der Waals surface area contributed by atoms with Crippen molar-refractivity contribution in [3.63, 3.8) is 0 Å². The number of fused-ring (bicyclic) bond motifs is 1. The molecule has 1 fully saturated rings. The number of rotatable bonds is 7. The lowest BCUT2D eigenvalue weighted by atomic mass is 10.1. The molecule has 3 rings (SSSR count). The maximum absolute atomic E-state index is 12.8. The van der Waals surface area contributed by atoms with Crippen LogP contribution >= 0.6 is 11.6 Å². The molecule has 2 aromatic rings. The second-order valence-electron chi connectivity index (χ2n) is 7.31. The van der Waals surface area contributed by atoms with E-state index in [9.17, 15) is 18.0 Å². The molecule has 2 aromatic carbocycles. The first-order valence-electron chi connectivity index (χ1n) is 9.52. The Morgan fingerprint density at radius 1 is 1.30 bits per heavy atom. The zero-order valence-electron chi connectivity index (χ0n) is 16.7. The van der Waals surface area contributed by atoms with Gasteiger partial charge in [-0.2, -0.15) is 4.72 Å². The van der Waals surface area contributed by atoms with Crippen molar-refractivity contribution in [3.8, 4) is 0 Å². The highest BCUT2D eigenvalue weighted by molar-refractivity contribution is 7.89. The summed E-state index contributed by atoms with van der Waals surface area (Å²) in [4.78, 5) is 27.9. The van der Waals surface area contributed by atoms with Crippen LogP contribution in [0.2, 0.25) is 5.02 Å². The zero-order valence-corrected chi connectivity index (χ0v) is 18.3. The van der Waals surface area contributed by atoms with Crippen LogP contribution in [0.5, 0.6) is 0 Å². The SMILES string of the molecule is C[C@@H](C(=O)N(C)CCO)N1CC[C@H](NS(=O)(=O)c2ccc3cc(Cl)ccc3c2)C1=O. The second kappa shape index (κ2) is 8.89. The van der Waals surface area contributed by atoms with Crippen LogP contribution in [0.3, 0.4) is 0 Å². The van der Waals surface area contributed by atoms with E-state index in [4.69, 9.17) is 16.7 Å². The van der Waals surface area contributed by atoms with Gasteiger partial charge in [0.05, 0.1) is 11.5 Å². The van der Waals surface area contributed by atoms with Crippen molar-refractivity contribution in [2.45, 2.75) is 30.3 Å². The molecule has 2 amide bonds. The smallest absolute Gasteiger partial charge is 0.244 e. The first kappa shape index (κ1) is 22.5. The van der Waals surface area contributed by atoms with E-state index in [0.717, 1.165) is 5.39 Å². The van der Waals surface area contributed by atoms with Crippen molar-refractivity contribution in [1.82, 2.24) is 14.5 Å². The summed E-state index contributed by atoms with van der Waals surface area (Å²) in [5, 5.41) is 11.1. The van der Waals surface area contributed by atoms with Crippen LogP contribution in [0.25, 0.3) is 10.8 Å². The first-order valence-corrected chi connectivity index (χ1v) is 11.4. The molecule has 162 valence electrons. The fourth-order valence-corrected chi connectivity index (χ4v) is 4.96. The molecule has 2 N–H and O–H groups in total. The highest BCUT2D eigenvalue weighted by atomic mass is 35.5. The summed E-state index contributed by atoms with van der Waals surface area (Å²) in [5.74, 6) is -0.751. The normalized spacial score (nSPS) is 18.1. The summed E-state index contributed by atoms with van der Waals surface area (Å²) < 4.78 is 28.1. The Bertz CT molecular complexity index is 1080. The van der Waals surface area contributed by atoms with Crippen molar-refractivity contribution < 1.29 is 23.1 Å². The number of likely N-dealkylation sites (N-methyl/N-ethyl adjacent to an activating group) is 1. The van der Waals surface area contributed by atoms with Gasteiger partial charge >= 0.3 is 0 Å². The number of hydrogen-bond acceptors (Lipinski definition) is 5. The summed E-state index contributed by atoms with van der Waals surface area (Å²) in [5.41, 5.74) is 0. The van der Waals surface area contributed by atoms with E-state index in [1.807, 2.05) is 0 Å². The Morgan fingerprint density at radius 2 is 1.97 bits per heavy atom. The molecule has 0 radical (unpaired) electrons. The Kier molecular flexibility index (Phi) is 6.66. The fraction of sp³-hybridized carbons (Fsp3) is 0.400. The van der Waals surface area contributed by atoms with Crippen LogP contribution in [-0.2, 0) is 19.6 Å². The van der Waals surface area contributed by atoms with E-state index in [2.05, 4.69) is 4.72 Å². The molecule has 0 bridgehead atoms. The van der Waals surface area contributed by atoms with Gasteiger partial charge in [-0.25, -0.2) is 8.42 Å². The molecule has 10 heteroatoms. The molecule has 1 aliphatic rings. The second-order valence-corrected chi connectivity index (χ2v) is 9.46. The minimum Gasteiger partial charge on any atom is -0.395 e. The van der Waals surface area contributed by atoms with E-state index in [1.165, 1.54) is 21.9 Å². The van der Waals surface area contributed by atoms with Crippen LogP contribution in [0, 0.1) is 0 Å². The molecule has 0 spiro atoms. The number of likely N-dealkylation sites (tertiary alicyclic amines) is 1. The van der Waals surface area contributed by atoms with Gasteiger partial charge in [0.25, 0.3) is 0 Å². The number of hydrogen-bond donors (Lipinski definition) is 2. The Labute approximate surface area is 180 Å². The van der Waals surface area contributed by atoms with E-state index in [0.29, 0.717) is 10.4 Å². The lowest BCUT2D eigenvalue weighted by Crippen LogP contribution is -2.49. The number of benzene rings is 2. The van der Waals surface area contributed by atoms with Crippen molar-refractivity contribution in [2.75, 3.05) is 26.7 Å². The van der Waals surface area contributed by atoms with Gasteiger partial charge in [0.1, 0.15) is 12.1 Å². The van der Waals surface area contributed by atoms with Gasteiger partial charge in [0, 0.05) is 25.2 Å². The molecule has 1 aliphatic heterocycles. The summed E-state index contributed by atoms with van der Waals surface area (Å²) in [6.45, 7) is 1.85. The Hall–Kier alpha value is -2.20. The number of nitrogens with one attached hydrogen (secondary N) is 1. The van der Waals surface area contributed by atoms with Crippen LogP contribution in [-0.4, -0.2) is 74.0 Å². The van der Waals surface area contributed by atoms with Crippen LogP contribution in [0.15, 0.2) is 41.3 Å². The molecule has 2 atom stereocenters. The number of sulfonamides is 1. The molecular formula is C20H24ClN3O5S. The number of carbonyl (C=O) groups excluding carboxylic acids is 2. The molecule has 0 saturated carbocycles. The van der Waals surface area contributed by atoms with Crippen molar-refractivity contribution in [1.29, 1.82) is 0 Å². The van der Waals surface area contributed by atoms with Gasteiger partial charge in [0.15, 0.2) is 0 Å². The van der Waals surface area contributed by atoms with Crippen molar-refractivity contribution in [3.05, 3.63) is 41.4 Å². The number of aliphatic hydroxyl groups is 1. The molecule has 0 aliphatic carbocycles. The number of carbonyl (C=O) groups is 2.